The molecule has 0 saturated heterocycles. The van der Waals surface area contributed by atoms with Crippen LogP contribution in [0.3, 0.4) is 0 Å². The molecule has 0 aliphatic heterocycles. The number of furan rings is 1. The Bertz CT molecular complexity index is 4130. The third-order valence-corrected chi connectivity index (χ3v) is 13.5. The number of nitrogens with zero attached hydrogens (tertiary/aromatic N) is 5. The summed E-state index contributed by atoms with van der Waals surface area (Å²) in [6.07, 6.45) is 0. The summed E-state index contributed by atoms with van der Waals surface area (Å²) in [5.74, 6) is 1.77. The molecule has 0 unspecified atom stereocenters. The van der Waals surface area contributed by atoms with Crippen LogP contribution in [0.25, 0.3) is 133 Å². The van der Waals surface area contributed by atoms with Gasteiger partial charge in [-0.3, -0.25) is 0 Å². The summed E-state index contributed by atoms with van der Waals surface area (Å²) in [6.45, 7) is 0. The third kappa shape index (κ3) is 6.45. The molecule has 0 spiro atoms. The van der Waals surface area contributed by atoms with E-state index in [9.17, 15) is 0 Å². The van der Waals surface area contributed by atoms with Gasteiger partial charge in [-0.2, -0.15) is 0 Å². The van der Waals surface area contributed by atoms with E-state index in [0.29, 0.717) is 17.5 Å². The van der Waals surface area contributed by atoms with Gasteiger partial charge in [-0.1, -0.05) is 133 Å². The fraction of sp³-hybridized carbons (Fsp3) is 0. The van der Waals surface area contributed by atoms with Crippen molar-refractivity contribution in [1.29, 1.82) is 0 Å². The van der Waals surface area contributed by atoms with Gasteiger partial charge in [0.25, 0.3) is 0 Å². The van der Waals surface area contributed by atoms with Crippen molar-refractivity contribution < 1.29 is 4.42 Å². The lowest BCUT2D eigenvalue weighted by Gasteiger charge is -2.13. The normalized spacial score (nSPS) is 11.8. The smallest absolute Gasteiger partial charge is 0.164 e. The molecular formula is C63H39N5O. The standard InChI is InChI=1S/C63H39N5O/c1-4-16-40(17-5-1)61-64-62(43-30-33-60-54(39-43)51-24-12-15-27-59(51)69-60)66-63(65-61)46-35-44(41-28-31-57-52(37-41)49-22-10-13-25-55(49)67(57)47-18-6-2-7-19-47)34-45(36-46)42-29-32-58-53(38-42)50-23-11-14-26-56(50)68(58)48-20-8-3-9-21-48/h1-39H. The van der Waals surface area contributed by atoms with Gasteiger partial charge in [-0.25, -0.2) is 15.0 Å². The molecule has 0 aliphatic carbocycles. The van der Waals surface area contributed by atoms with E-state index in [1.165, 1.54) is 32.6 Å². The second-order valence-electron chi connectivity index (χ2n) is 17.6. The molecule has 69 heavy (non-hydrogen) atoms. The Balaban J connectivity index is 1.00. The molecule has 6 nitrogen and oxygen atoms in total. The predicted molar refractivity (Wildman–Crippen MR) is 283 cm³/mol. The monoisotopic (exact) mass is 881 g/mol. The van der Waals surface area contributed by atoms with Gasteiger partial charge in [0.05, 0.1) is 22.1 Å². The third-order valence-electron chi connectivity index (χ3n) is 13.5. The zero-order valence-corrected chi connectivity index (χ0v) is 37.2. The van der Waals surface area contributed by atoms with Gasteiger partial charge in [0.15, 0.2) is 17.5 Å². The van der Waals surface area contributed by atoms with Crippen molar-refractivity contribution in [2.24, 2.45) is 0 Å². The molecule has 0 atom stereocenters. The highest BCUT2D eigenvalue weighted by Gasteiger charge is 2.20. The van der Waals surface area contributed by atoms with E-state index >= 15 is 0 Å². The van der Waals surface area contributed by atoms with Crippen molar-refractivity contribution in [3.05, 3.63) is 237 Å². The zero-order chi connectivity index (χ0) is 45.4. The van der Waals surface area contributed by atoms with Crippen LogP contribution in [0.2, 0.25) is 0 Å². The number of benzene rings is 10. The number of para-hydroxylation sites is 5. The topological polar surface area (TPSA) is 61.7 Å². The maximum Gasteiger partial charge on any atom is 0.164 e. The van der Waals surface area contributed by atoms with Gasteiger partial charge in [0, 0.05) is 60.4 Å². The first-order valence-corrected chi connectivity index (χ1v) is 23.3. The lowest BCUT2D eigenvalue weighted by molar-refractivity contribution is 0.669. The minimum atomic E-state index is 0.586. The first-order chi connectivity index (χ1) is 34.2. The fourth-order valence-electron chi connectivity index (χ4n) is 10.3. The van der Waals surface area contributed by atoms with E-state index in [2.05, 4.69) is 197 Å². The van der Waals surface area contributed by atoms with E-state index in [1.54, 1.807) is 0 Å². The van der Waals surface area contributed by atoms with Gasteiger partial charge in [-0.05, 0) is 125 Å². The largest absolute Gasteiger partial charge is 0.456 e. The van der Waals surface area contributed by atoms with Crippen molar-refractivity contribution in [2.75, 3.05) is 0 Å². The van der Waals surface area contributed by atoms with Crippen LogP contribution in [0, 0.1) is 0 Å². The highest BCUT2D eigenvalue weighted by molar-refractivity contribution is 6.12. The fourth-order valence-corrected chi connectivity index (χ4v) is 10.3. The van der Waals surface area contributed by atoms with E-state index in [-0.39, 0.29) is 0 Å². The van der Waals surface area contributed by atoms with Gasteiger partial charge < -0.3 is 13.6 Å². The summed E-state index contributed by atoms with van der Waals surface area (Å²) in [4.78, 5) is 15.8. The average molecular weight is 882 g/mol. The summed E-state index contributed by atoms with van der Waals surface area (Å²) < 4.78 is 11.0. The summed E-state index contributed by atoms with van der Waals surface area (Å²) in [5.41, 5.74) is 15.6. The van der Waals surface area contributed by atoms with E-state index in [4.69, 9.17) is 19.4 Å². The first kappa shape index (κ1) is 38.8. The summed E-state index contributed by atoms with van der Waals surface area (Å²) in [7, 11) is 0. The minimum Gasteiger partial charge on any atom is -0.456 e. The quantitative estimate of drug-likeness (QED) is 0.160. The molecule has 6 heteroatoms. The average Bonchev–Trinajstić information content (AvgIpc) is 4.08. The van der Waals surface area contributed by atoms with E-state index < -0.39 is 0 Å². The first-order valence-electron chi connectivity index (χ1n) is 23.3. The molecule has 0 fully saturated rings. The number of hydrogen-bond donors (Lipinski definition) is 0. The summed E-state index contributed by atoms with van der Waals surface area (Å²) >= 11 is 0. The van der Waals surface area contributed by atoms with Gasteiger partial charge in [0.2, 0.25) is 0 Å². The van der Waals surface area contributed by atoms with Gasteiger partial charge in [0.1, 0.15) is 11.2 Å². The van der Waals surface area contributed by atoms with Crippen LogP contribution in [-0.4, -0.2) is 24.1 Å². The molecule has 0 aliphatic rings. The molecular weight excluding hydrogens is 843 g/mol. The molecule has 0 radical (unpaired) electrons. The molecule has 14 aromatic rings. The van der Waals surface area contributed by atoms with Gasteiger partial charge in [-0.15, -0.1) is 0 Å². The summed E-state index contributed by atoms with van der Waals surface area (Å²) in [5, 5.41) is 6.84. The van der Waals surface area contributed by atoms with Crippen LogP contribution in [0.1, 0.15) is 0 Å². The predicted octanol–water partition coefficient (Wildman–Crippen LogP) is 16.3. The molecule has 322 valence electrons. The molecule has 0 bridgehead atoms. The van der Waals surface area contributed by atoms with Crippen molar-refractivity contribution in [2.45, 2.75) is 0 Å². The number of aromatic nitrogens is 5. The highest BCUT2D eigenvalue weighted by Crippen LogP contribution is 2.41. The van der Waals surface area contributed by atoms with E-state index in [1.807, 2.05) is 48.5 Å². The Morgan fingerprint density at radius 2 is 0.652 bits per heavy atom. The molecule has 0 amide bonds. The number of rotatable bonds is 7. The Morgan fingerprint density at radius 1 is 0.246 bits per heavy atom. The Hall–Kier alpha value is -9.39. The molecule has 4 heterocycles. The van der Waals surface area contributed by atoms with Crippen molar-refractivity contribution in [1.82, 2.24) is 24.1 Å². The molecule has 4 aromatic heterocycles. The Kier molecular flexibility index (Phi) is 8.79. The Morgan fingerprint density at radius 3 is 1.23 bits per heavy atom. The van der Waals surface area contributed by atoms with E-state index in [0.717, 1.165) is 83.3 Å². The van der Waals surface area contributed by atoms with Crippen LogP contribution in [0.15, 0.2) is 241 Å². The maximum atomic E-state index is 6.23. The minimum absolute atomic E-state index is 0.586. The lowest BCUT2D eigenvalue weighted by atomic mass is 9.94. The number of hydrogen-bond acceptors (Lipinski definition) is 4. The molecule has 0 saturated carbocycles. The molecule has 10 aromatic carbocycles. The van der Waals surface area contributed by atoms with Crippen LogP contribution in [0.4, 0.5) is 0 Å². The van der Waals surface area contributed by atoms with Crippen molar-refractivity contribution >= 4 is 65.6 Å². The number of fused-ring (bicyclic) bond motifs is 9. The van der Waals surface area contributed by atoms with Crippen LogP contribution in [0.5, 0.6) is 0 Å². The second-order valence-corrected chi connectivity index (χ2v) is 17.6. The van der Waals surface area contributed by atoms with Crippen molar-refractivity contribution in [3.8, 4) is 67.8 Å². The SMILES string of the molecule is c1ccc(-c2nc(-c3cc(-c4ccc5c(c4)c4ccccc4n5-c4ccccc4)cc(-c4ccc5c(c4)c4ccccc4n5-c4ccccc4)c3)nc(-c3ccc4oc5ccccc5c4c3)n2)cc1. The lowest BCUT2D eigenvalue weighted by Crippen LogP contribution is -2.00. The second kappa shape index (κ2) is 15.6. The van der Waals surface area contributed by atoms with Crippen LogP contribution < -0.4 is 0 Å². The van der Waals surface area contributed by atoms with Gasteiger partial charge >= 0.3 is 0 Å². The Labute approximate surface area is 396 Å². The molecule has 0 N–H and O–H groups in total. The van der Waals surface area contributed by atoms with Crippen LogP contribution >= 0.6 is 0 Å². The van der Waals surface area contributed by atoms with Crippen molar-refractivity contribution in [3.63, 3.8) is 0 Å². The maximum absolute atomic E-state index is 6.23. The zero-order valence-electron chi connectivity index (χ0n) is 37.2. The highest BCUT2D eigenvalue weighted by atomic mass is 16.3. The van der Waals surface area contributed by atoms with Crippen LogP contribution in [-0.2, 0) is 0 Å². The molecule has 14 rings (SSSR count). The summed E-state index contributed by atoms with van der Waals surface area (Å²) in [6, 6.07) is 83.6.